The molecule has 0 unspecified atom stereocenters. The van der Waals surface area contributed by atoms with Gasteiger partial charge in [0.15, 0.2) is 0 Å². The molecule has 0 aromatic carbocycles. The Labute approximate surface area is 85.1 Å². The molecule has 14 heavy (non-hydrogen) atoms. The van der Waals surface area contributed by atoms with Crippen molar-refractivity contribution in [1.29, 1.82) is 0 Å². The van der Waals surface area contributed by atoms with E-state index in [1.807, 2.05) is 4.90 Å². The van der Waals surface area contributed by atoms with Crippen LogP contribution in [0.2, 0.25) is 0 Å². The first kappa shape index (κ1) is 9.97. The van der Waals surface area contributed by atoms with Gasteiger partial charge in [-0.3, -0.25) is 4.79 Å². The van der Waals surface area contributed by atoms with E-state index in [-0.39, 0.29) is 18.6 Å². The van der Waals surface area contributed by atoms with Crippen LogP contribution in [0.25, 0.3) is 0 Å². The van der Waals surface area contributed by atoms with Crippen molar-refractivity contribution in [3.63, 3.8) is 0 Å². The van der Waals surface area contributed by atoms with Crippen LogP contribution in [0, 0.1) is 5.92 Å². The van der Waals surface area contributed by atoms with E-state index in [9.17, 15) is 4.79 Å². The summed E-state index contributed by atoms with van der Waals surface area (Å²) in [7, 11) is 0. The first-order chi connectivity index (χ1) is 6.81. The molecule has 1 aliphatic carbocycles. The fraction of sp³-hybridized carbons (Fsp3) is 0.909. The first-order valence-electron chi connectivity index (χ1n) is 5.71. The minimum atomic E-state index is 0.113. The topological polar surface area (TPSA) is 40.5 Å². The zero-order valence-electron chi connectivity index (χ0n) is 8.61. The molecule has 0 radical (unpaired) electrons. The number of carbonyl (C=O) groups is 1. The number of hydrogen-bond acceptors (Lipinski definition) is 2. The molecule has 1 N–H and O–H groups in total. The lowest BCUT2D eigenvalue weighted by molar-refractivity contribution is -0.134. The smallest absolute Gasteiger partial charge is 0.223 e. The van der Waals surface area contributed by atoms with Crippen molar-refractivity contribution in [3.05, 3.63) is 0 Å². The SMILES string of the molecule is O=C(CC1CCC1)N1CCC[C@@H]1CO. The lowest BCUT2D eigenvalue weighted by atomic mass is 9.82. The maximum atomic E-state index is 11.8. The number of hydrogen-bond donors (Lipinski definition) is 1. The van der Waals surface area contributed by atoms with Crippen molar-refractivity contribution in [2.24, 2.45) is 5.92 Å². The second kappa shape index (κ2) is 4.30. The van der Waals surface area contributed by atoms with Gasteiger partial charge in [-0.1, -0.05) is 6.42 Å². The van der Waals surface area contributed by atoms with Crippen molar-refractivity contribution in [2.75, 3.05) is 13.2 Å². The quantitative estimate of drug-likeness (QED) is 0.737. The van der Waals surface area contributed by atoms with Crippen LogP contribution in [0.5, 0.6) is 0 Å². The summed E-state index contributed by atoms with van der Waals surface area (Å²) in [5.41, 5.74) is 0. The molecule has 0 aromatic rings. The summed E-state index contributed by atoms with van der Waals surface area (Å²) < 4.78 is 0. The molecule has 1 atom stereocenters. The van der Waals surface area contributed by atoms with Crippen molar-refractivity contribution in [3.8, 4) is 0 Å². The highest BCUT2D eigenvalue weighted by molar-refractivity contribution is 5.77. The molecule has 1 aliphatic heterocycles. The van der Waals surface area contributed by atoms with Gasteiger partial charge >= 0.3 is 0 Å². The Hall–Kier alpha value is -0.570. The molecule has 0 aromatic heterocycles. The van der Waals surface area contributed by atoms with E-state index in [2.05, 4.69) is 0 Å². The van der Waals surface area contributed by atoms with Gasteiger partial charge in [0.05, 0.1) is 12.6 Å². The van der Waals surface area contributed by atoms with Gasteiger partial charge < -0.3 is 10.0 Å². The van der Waals surface area contributed by atoms with Crippen LogP contribution >= 0.6 is 0 Å². The highest BCUT2D eigenvalue weighted by Crippen LogP contribution is 2.31. The maximum absolute atomic E-state index is 11.8. The summed E-state index contributed by atoms with van der Waals surface area (Å²) in [6, 6.07) is 0.113. The van der Waals surface area contributed by atoms with Crippen LogP contribution in [-0.2, 0) is 4.79 Å². The maximum Gasteiger partial charge on any atom is 0.223 e. The van der Waals surface area contributed by atoms with Gasteiger partial charge in [-0.2, -0.15) is 0 Å². The minimum Gasteiger partial charge on any atom is -0.394 e. The van der Waals surface area contributed by atoms with E-state index < -0.39 is 0 Å². The lowest BCUT2D eigenvalue weighted by Gasteiger charge is -2.29. The largest absolute Gasteiger partial charge is 0.394 e. The van der Waals surface area contributed by atoms with Gasteiger partial charge in [0, 0.05) is 13.0 Å². The predicted octanol–water partition coefficient (Wildman–Crippen LogP) is 1.16. The van der Waals surface area contributed by atoms with Crippen molar-refractivity contribution in [1.82, 2.24) is 4.90 Å². The van der Waals surface area contributed by atoms with Gasteiger partial charge in [-0.25, -0.2) is 0 Å². The highest BCUT2D eigenvalue weighted by atomic mass is 16.3. The number of amides is 1. The molecule has 1 saturated carbocycles. The average Bonchev–Trinajstić information content (AvgIpc) is 2.58. The molecule has 1 amide bonds. The molecule has 2 fully saturated rings. The first-order valence-corrected chi connectivity index (χ1v) is 5.71. The monoisotopic (exact) mass is 197 g/mol. The summed E-state index contributed by atoms with van der Waals surface area (Å²) in [5.74, 6) is 0.911. The molecule has 80 valence electrons. The Balaban J connectivity index is 1.83. The molecule has 3 nitrogen and oxygen atoms in total. The van der Waals surface area contributed by atoms with Crippen LogP contribution < -0.4 is 0 Å². The van der Waals surface area contributed by atoms with E-state index in [1.54, 1.807) is 0 Å². The number of nitrogens with zero attached hydrogens (tertiary/aromatic N) is 1. The van der Waals surface area contributed by atoms with E-state index in [1.165, 1.54) is 19.3 Å². The number of rotatable bonds is 3. The molecule has 3 heteroatoms. The van der Waals surface area contributed by atoms with E-state index in [0.29, 0.717) is 5.92 Å². The molecule has 0 bridgehead atoms. The highest BCUT2D eigenvalue weighted by Gasteiger charge is 2.30. The molecule has 0 spiro atoms. The number of aliphatic hydroxyl groups excluding tert-OH is 1. The normalized spacial score (nSPS) is 27.8. The molecule has 2 rings (SSSR count). The molecular formula is C11H19NO2. The fourth-order valence-electron chi connectivity index (χ4n) is 2.41. The van der Waals surface area contributed by atoms with Gasteiger partial charge in [-0.15, -0.1) is 0 Å². The number of likely N-dealkylation sites (tertiary alicyclic amines) is 1. The van der Waals surface area contributed by atoms with Crippen LogP contribution in [-0.4, -0.2) is 35.1 Å². The summed E-state index contributed by atoms with van der Waals surface area (Å²) in [6.07, 6.45) is 6.50. The Bertz CT molecular complexity index is 213. The fourth-order valence-corrected chi connectivity index (χ4v) is 2.41. The van der Waals surface area contributed by atoms with Crippen molar-refractivity contribution < 1.29 is 9.90 Å². The van der Waals surface area contributed by atoms with Gasteiger partial charge in [0.1, 0.15) is 0 Å². The Kier molecular flexibility index (Phi) is 3.06. The van der Waals surface area contributed by atoms with Crippen LogP contribution in [0.15, 0.2) is 0 Å². The predicted molar refractivity (Wildman–Crippen MR) is 53.8 cm³/mol. The van der Waals surface area contributed by atoms with Gasteiger partial charge in [-0.05, 0) is 31.6 Å². The van der Waals surface area contributed by atoms with E-state index in [4.69, 9.17) is 5.11 Å². The Morgan fingerprint density at radius 2 is 2.07 bits per heavy atom. The standard InChI is InChI=1S/C11H19NO2/c13-8-10-5-2-6-12(10)11(14)7-9-3-1-4-9/h9-10,13H,1-8H2/t10-/m1/s1. The van der Waals surface area contributed by atoms with Gasteiger partial charge in [0.25, 0.3) is 0 Å². The molecule has 2 aliphatic rings. The summed E-state index contributed by atoms with van der Waals surface area (Å²) in [6.45, 7) is 0.993. The van der Waals surface area contributed by atoms with Crippen molar-refractivity contribution >= 4 is 5.91 Å². The third-order valence-electron chi connectivity index (χ3n) is 3.60. The zero-order valence-corrected chi connectivity index (χ0v) is 8.61. The second-order valence-corrected chi connectivity index (χ2v) is 4.57. The minimum absolute atomic E-state index is 0.113. The zero-order chi connectivity index (χ0) is 9.97. The van der Waals surface area contributed by atoms with Crippen LogP contribution in [0.3, 0.4) is 0 Å². The van der Waals surface area contributed by atoms with Crippen LogP contribution in [0.1, 0.15) is 38.5 Å². The number of carbonyl (C=O) groups excluding carboxylic acids is 1. The second-order valence-electron chi connectivity index (χ2n) is 4.57. The lowest BCUT2D eigenvalue weighted by Crippen LogP contribution is -2.39. The average molecular weight is 197 g/mol. The molecular weight excluding hydrogens is 178 g/mol. The van der Waals surface area contributed by atoms with Gasteiger partial charge in [0.2, 0.25) is 5.91 Å². The van der Waals surface area contributed by atoms with Crippen molar-refractivity contribution in [2.45, 2.75) is 44.6 Å². The third-order valence-corrected chi connectivity index (χ3v) is 3.60. The van der Waals surface area contributed by atoms with E-state index >= 15 is 0 Å². The number of aliphatic hydroxyl groups is 1. The van der Waals surface area contributed by atoms with Crippen LogP contribution in [0.4, 0.5) is 0 Å². The Morgan fingerprint density at radius 3 is 2.64 bits per heavy atom. The summed E-state index contributed by atoms with van der Waals surface area (Å²) in [4.78, 5) is 13.7. The molecule has 1 heterocycles. The summed E-state index contributed by atoms with van der Waals surface area (Å²) in [5, 5.41) is 9.10. The Morgan fingerprint density at radius 1 is 1.29 bits per heavy atom. The van der Waals surface area contributed by atoms with E-state index in [0.717, 1.165) is 25.8 Å². The molecule has 1 saturated heterocycles. The third kappa shape index (κ3) is 1.92. The summed E-state index contributed by atoms with van der Waals surface area (Å²) >= 11 is 0.